The van der Waals surface area contributed by atoms with Gasteiger partial charge < -0.3 is 45.9 Å². The normalized spacial score (nSPS) is 18.2. The number of nitrogens with one attached hydrogen (secondary N) is 5. The Morgan fingerprint density at radius 3 is 1.99 bits per heavy atom. The van der Waals surface area contributed by atoms with Gasteiger partial charge in [-0.25, -0.2) is 8.78 Å². The van der Waals surface area contributed by atoms with E-state index in [0.29, 0.717) is 49.4 Å². The molecule has 2 aromatic carbocycles. The quantitative estimate of drug-likeness (QED) is 0.0186. The number of likely N-dealkylation sites (tertiary alicyclic amines) is 1. The monoisotopic (exact) mass is 1220 g/mol. The largest absolute Gasteiger partial charge is 0.494 e. The van der Waals surface area contributed by atoms with Crippen LogP contribution in [0.25, 0.3) is 10.9 Å². The number of rotatable bonds is 30. The van der Waals surface area contributed by atoms with Crippen molar-refractivity contribution in [2.45, 2.75) is 57.0 Å². The first-order chi connectivity index (χ1) is 41.8. The summed E-state index contributed by atoms with van der Waals surface area (Å²) in [6.45, 7) is 5.59. The molecule has 87 heavy (non-hydrogen) atoms. The molecular formula is C57H79F2N17O11. The summed E-state index contributed by atoms with van der Waals surface area (Å²) in [5.74, 6) is -7.67. The van der Waals surface area contributed by atoms with Gasteiger partial charge in [-0.1, -0.05) is 29.8 Å². The summed E-state index contributed by atoms with van der Waals surface area (Å²) in [4.78, 5) is 104. The molecule has 3 aliphatic heterocycles. The van der Waals surface area contributed by atoms with Crippen LogP contribution in [0.2, 0.25) is 0 Å². The van der Waals surface area contributed by atoms with Crippen LogP contribution in [0, 0.1) is 18.3 Å². The number of carbonyl (C=O) groups excluding carboxylic acids is 4. The van der Waals surface area contributed by atoms with Crippen molar-refractivity contribution in [3.8, 4) is 11.8 Å². The van der Waals surface area contributed by atoms with Crippen LogP contribution in [-0.4, -0.2) is 277 Å². The second kappa shape index (κ2) is 35.2. The molecule has 0 aliphatic carbocycles. The number of hydrogen-bond acceptors (Lipinski definition) is 21. The first kappa shape index (κ1) is 67.6. The topological polar surface area (TPSA) is 346 Å². The van der Waals surface area contributed by atoms with Gasteiger partial charge in [0.25, 0.3) is 11.8 Å². The van der Waals surface area contributed by atoms with E-state index in [2.05, 4.69) is 52.1 Å². The number of aromatic nitrogens is 1. The van der Waals surface area contributed by atoms with Crippen molar-refractivity contribution in [3.63, 3.8) is 0 Å². The molecule has 0 radical (unpaired) electrons. The van der Waals surface area contributed by atoms with Crippen molar-refractivity contribution in [1.82, 2.24) is 66.2 Å². The highest BCUT2D eigenvalue weighted by Gasteiger charge is 2.47. The van der Waals surface area contributed by atoms with E-state index in [1.54, 1.807) is 51.4 Å². The molecule has 28 nitrogen and oxygen atoms in total. The number of unbranched alkanes of at least 4 members (excludes halogenated alkanes) is 1. The fourth-order valence-electron chi connectivity index (χ4n) is 9.86. The van der Waals surface area contributed by atoms with Crippen LogP contribution in [0.3, 0.4) is 0 Å². The summed E-state index contributed by atoms with van der Waals surface area (Å²) in [6.07, 6.45) is 7.38. The summed E-state index contributed by atoms with van der Waals surface area (Å²) in [5, 5.41) is 56.7. The Morgan fingerprint density at radius 2 is 1.37 bits per heavy atom. The number of carboxylic acid groups (broad SMARTS) is 3. The van der Waals surface area contributed by atoms with Gasteiger partial charge in [0.1, 0.15) is 18.5 Å². The molecular weight excluding hydrogens is 1140 g/mol. The molecule has 3 aliphatic rings. The molecule has 2 atom stereocenters. The van der Waals surface area contributed by atoms with Gasteiger partial charge in [0.15, 0.2) is 0 Å². The summed E-state index contributed by atoms with van der Waals surface area (Å²) in [6, 6.07) is 14.3. The smallest absolute Gasteiger partial charge is 0.317 e. The van der Waals surface area contributed by atoms with Gasteiger partial charge in [-0.3, -0.25) is 73.9 Å². The molecule has 3 aromatic rings. The lowest BCUT2D eigenvalue weighted by Crippen LogP contribution is -2.50. The van der Waals surface area contributed by atoms with Crippen molar-refractivity contribution in [1.29, 1.82) is 5.26 Å². The molecule has 3 fully saturated rings. The molecule has 1 unspecified atom stereocenters. The van der Waals surface area contributed by atoms with Crippen molar-refractivity contribution < 1.29 is 62.4 Å². The number of alkyl halides is 2. The Labute approximate surface area is 503 Å². The second-order valence-electron chi connectivity index (χ2n) is 21.3. The maximum absolute atomic E-state index is 13.9. The molecule has 4 amide bonds. The zero-order chi connectivity index (χ0) is 62.6. The SMILES string of the molecule is Cc1ccc(/C=N/NCN/N=C/CC(/C=N\NCCC(=O)N2CCN(CCCCOc3ccc4nccc(C(=O)NCC(=O)N5CC(F)(F)C[C@@H]5C#N)c4c3)CC2)NC(=O)CN2CCN(CC(=O)O)CCN(CC(=O)O)CCN(CC(=O)O)CC2)cc1. The molecule has 1 aromatic heterocycles. The van der Waals surface area contributed by atoms with E-state index in [1.807, 2.05) is 41.0 Å². The summed E-state index contributed by atoms with van der Waals surface area (Å²) in [5.41, 5.74) is 11.4. The number of ether oxygens (including phenoxy) is 1. The van der Waals surface area contributed by atoms with Gasteiger partial charge >= 0.3 is 17.9 Å². The van der Waals surface area contributed by atoms with E-state index in [0.717, 1.165) is 35.4 Å². The lowest BCUT2D eigenvalue weighted by Gasteiger charge is -2.34. The first-order valence-corrected chi connectivity index (χ1v) is 28.9. The van der Waals surface area contributed by atoms with Gasteiger partial charge in [0.05, 0.1) is 75.3 Å². The minimum Gasteiger partial charge on any atom is -0.494 e. The minimum absolute atomic E-state index is 0.0407. The average Bonchev–Trinajstić information content (AvgIpc) is 2.85. The van der Waals surface area contributed by atoms with E-state index in [9.17, 15) is 62.9 Å². The molecule has 30 heteroatoms. The summed E-state index contributed by atoms with van der Waals surface area (Å²) >= 11 is 0. The number of nitrogens with zero attached hydrogens (tertiary/aromatic N) is 12. The molecule has 8 N–H and O–H groups in total. The number of amides is 4. The number of nitriles is 1. The van der Waals surface area contributed by atoms with Crippen molar-refractivity contribution >= 4 is 71.1 Å². The highest BCUT2D eigenvalue weighted by molar-refractivity contribution is 6.07. The Bertz CT molecular complexity index is 2880. The predicted molar refractivity (Wildman–Crippen MR) is 317 cm³/mol. The molecule has 6 rings (SSSR count). The third-order valence-corrected chi connectivity index (χ3v) is 14.6. The zero-order valence-corrected chi connectivity index (χ0v) is 48.9. The van der Waals surface area contributed by atoms with Crippen LogP contribution in [0.15, 0.2) is 70.0 Å². The highest BCUT2D eigenvalue weighted by Crippen LogP contribution is 2.32. The Hall–Kier alpha value is -8.50. The number of benzene rings is 2. The molecule has 0 spiro atoms. The molecule has 472 valence electrons. The fraction of sp³-hybridized carbons (Fsp3) is 0.544. The Kier molecular flexibility index (Phi) is 27.4. The first-order valence-electron chi connectivity index (χ1n) is 28.9. The van der Waals surface area contributed by atoms with Crippen LogP contribution in [0.5, 0.6) is 5.75 Å². The lowest BCUT2D eigenvalue weighted by molar-refractivity contribution is -0.140. The minimum atomic E-state index is -3.17. The van der Waals surface area contributed by atoms with E-state index >= 15 is 0 Å². The zero-order valence-electron chi connectivity index (χ0n) is 48.9. The number of piperazine rings is 1. The van der Waals surface area contributed by atoms with Gasteiger partial charge in [-0.2, -0.15) is 20.6 Å². The van der Waals surface area contributed by atoms with E-state index in [-0.39, 0.29) is 122 Å². The van der Waals surface area contributed by atoms with Crippen LogP contribution >= 0.6 is 0 Å². The number of fused-ring (bicyclic) bond motifs is 1. The molecule has 0 bridgehead atoms. The van der Waals surface area contributed by atoms with E-state index < -0.39 is 67.2 Å². The number of pyridine rings is 1. The number of carboxylic acids is 3. The van der Waals surface area contributed by atoms with Gasteiger partial charge in [0, 0.05) is 128 Å². The second-order valence-corrected chi connectivity index (χ2v) is 21.3. The van der Waals surface area contributed by atoms with Crippen LogP contribution in [-0.2, 0) is 28.8 Å². The number of carbonyl (C=O) groups is 7. The highest BCUT2D eigenvalue weighted by atomic mass is 19.3. The maximum Gasteiger partial charge on any atom is 0.317 e. The van der Waals surface area contributed by atoms with Crippen molar-refractivity contribution in [2.24, 2.45) is 15.3 Å². The lowest BCUT2D eigenvalue weighted by atomic mass is 10.1. The number of hydrazone groups is 3. The van der Waals surface area contributed by atoms with E-state index in [1.165, 1.54) is 18.5 Å². The Balaban J connectivity index is 0.940. The summed E-state index contributed by atoms with van der Waals surface area (Å²) < 4.78 is 33.8. The van der Waals surface area contributed by atoms with Gasteiger partial charge in [0.2, 0.25) is 17.7 Å². The summed E-state index contributed by atoms with van der Waals surface area (Å²) in [7, 11) is 0. The maximum atomic E-state index is 13.9. The average molecular weight is 1220 g/mol. The van der Waals surface area contributed by atoms with Crippen LogP contribution in [0.4, 0.5) is 8.78 Å². The van der Waals surface area contributed by atoms with Crippen LogP contribution in [0.1, 0.15) is 53.6 Å². The van der Waals surface area contributed by atoms with Crippen molar-refractivity contribution in [3.05, 3.63) is 71.4 Å². The Morgan fingerprint density at radius 1 is 0.759 bits per heavy atom. The predicted octanol–water partition coefficient (Wildman–Crippen LogP) is -0.192. The van der Waals surface area contributed by atoms with Gasteiger partial charge in [-0.15, -0.1) is 0 Å². The van der Waals surface area contributed by atoms with E-state index in [4.69, 9.17) is 4.74 Å². The molecule has 4 heterocycles. The molecule has 0 saturated carbocycles. The number of aliphatic carboxylic acids is 3. The number of hydrogen-bond donors (Lipinski definition) is 8. The fourth-order valence-corrected chi connectivity index (χ4v) is 9.86. The number of aryl methyl sites for hydroxylation is 1. The number of halogens is 2. The van der Waals surface area contributed by atoms with Gasteiger partial charge in [-0.05, 0) is 56.1 Å². The third kappa shape index (κ3) is 24.4. The molecule has 3 saturated heterocycles. The van der Waals surface area contributed by atoms with Crippen molar-refractivity contribution in [2.75, 3.05) is 144 Å². The van der Waals surface area contributed by atoms with Crippen LogP contribution < -0.4 is 31.6 Å². The standard InChI is InChI=1S/C57H79F2N17O11/c1-42-4-6-43(7-5-42)33-65-68-41-67-64-14-10-44(69-50(77)36-71-17-19-72(37-53(80)81)21-23-74(39-55(84)85)24-22-73(20-18-71)38-54(82)83)34-66-63-15-12-51(78)75-27-25-70(26-28-75)16-2-3-29-87-46-8-9-49-48(30-46)47(11-13-61-49)56(86)62-35-52(79)76-40-57(58,59)31-45(76)32-60/h4-9,11,13-14,30,33-34,44-45,63,67-68H,2-3,10,12,15-29,31,35-41H2,1H3,(H,62,86)(H,69,77)(H,80,81)(H,82,83)(H,84,85)/b64-14+,65-33+,66-34-/t44?,45-/m1/s1. The third-order valence-electron chi connectivity index (χ3n) is 14.6.